The van der Waals surface area contributed by atoms with Gasteiger partial charge in [0.25, 0.3) is 0 Å². The van der Waals surface area contributed by atoms with E-state index < -0.39 is 11.7 Å². The van der Waals surface area contributed by atoms with Crippen LogP contribution in [0.1, 0.15) is 16.7 Å². The highest BCUT2D eigenvalue weighted by atomic mass is 32.1. The number of amides is 2. The molecule has 0 saturated heterocycles. The molecule has 0 saturated carbocycles. The van der Waals surface area contributed by atoms with E-state index in [0.29, 0.717) is 39.6 Å². The van der Waals surface area contributed by atoms with E-state index in [1.54, 1.807) is 0 Å². The van der Waals surface area contributed by atoms with Crippen molar-refractivity contribution in [3.05, 3.63) is 41.1 Å². The van der Waals surface area contributed by atoms with Crippen molar-refractivity contribution in [3.8, 4) is 6.01 Å². The molecule has 3 aromatic rings. The number of methoxy groups -OCH3 is 1. The van der Waals surface area contributed by atoms with Crippen molar-refractivity contribution in [1.82, 2.24) is 19.9 Å². The first-order chi connectivity index (χ1) is 13.3. The fourth-order valence-corrected chi connectivity index (χ4v) is 3.74. The van der Waals surface area contributed by atoms with Gasteiger partial charge in [0.1, 0.15) is 5.52 Å². The Morgan fingerprint density at radius 3 is 2.86 bits per heavy atom. The maximum absolute atomic E-state index is 12.8. The van der Waals surface area contributed by atoms with Crippen LogP contribution in [0, 0.1) is 0 Å². The Morgan fingerprint density at radius 1 is 1.29 bits per heavy atom. The Labute approximate surface area is 161 Å². The zero-order valence-corrected chi connectivity index (χ0v) is 15.4. The van der Waals surface area contributed by atoms with Gasteiger partial charge in [0, 0.05) is 13.1 Å². The highest BCUT2D eigenvalue weighted by Gasteiger charge is 2.32. The molecule has 0 unspecified atom stereocenters. The molecule has 0 radical (unpaired) electrons. The van der Waals surface area contributed by atoms with Crippen LogP contribution in [0.3, 0.4) is 0 Å². The lowest BCUT2D eigenvalue weighted by atomic mass is 9.97. The summed E-state index contributed by atoms with van der Waals surface area (Å²) in [5.41, 5.74) is 1.18. The van der Waals surface area contributed by atoms with Crippen molar-refractivity contribution < 1.29 is 22.7 Å². The van der Waals surface area contributed by atoms with Crippen LogP contribution in [-0.2, 0) is 19.1 Å². The smallest absolute Gasteiger partial charge is 0.416 e. The molecule has 4 rings (SSSR count). The summed E-state index contributed by atoms with van der Waals surface area (Å²) in [5, 5.41) is 3.07. The third-order valence-electron chi connectivity index (χ3n) is 4.36. The molecule has 0 aliphatic carbocycles. The summed E-state index contributed by atoms with van der Waals surface area (Å²) in [7, 11) is 1.46. The molecule has 2 aromatic heterocycles. The monoisotopic (exact) mass is 409 g/mol. The number of carbonyl (C=O) groups excluding carboxylic acids is 1. The van der Waals surface area contributed by atoms with Crippen LogP contribution in [0.4, 0.5) is 23.1 Å². The molecule has 0 fully saturated rings. The molecule has 0 bridgehead atoms. The lowest BCUT2D eigenvalue weighted by Crippen LogP contribution is -2.39. The number of alkyl halides is 3. The summed E-state index contributed by atoms with van der Waals surface area (Å²) in [4.78, 5) is 27.0. The fraction of sp³-hybridized carbons (Fsp3) is 0.294. The summed E-state index contributed by atoms with van der Waals surface area (Å²) in [6.45, 7) is 0.552. The Hall–Kier alpha value is -2.95. The summed E-state index contributed by atoms with van der Waals surface area (Å²) in [6, 6.07) is 3.46. The lowest BCUT2D eigenvalue weighted by molar-refractivity contribution is -0.137. The van der Waals surface area contributed by atoms with Crippen LogP contribution in [0.15, 0.2) is 24.4 Å². The minimum atomic E-state index is -4.37. The summed E-state index contributed by atoms with van der Waals surface area (Å²) < 4.78 is 43.5. The van der Waals surface area contributed by atoms with Gasteiger partial charge in [0.15, 0.2) is 9.96 Å². The van der Waals surface area contributed by atoms with Crippen molar-refractivity contribution in [3.63, 3.8) is 0 Å². The normalized spacial score (nSPS) is 14.1. The Bertz CT molecular complexity index is 1050. The number of thiazole rings is 1. The first kappa shape index (κ1) is 18.4. The topological polar surface area (TPSA) is 80.2 Å². The minimum Gasteiger partial charge on any atom is -0.467 e. The van der Waals surface area contributed by atoms with Gasteiger partial charge >= 0.3 is 18.2 Å². The number of halogens is 3. The number of benzene rings is 1. The average Bonchev–Trinajstić information content (AvgIpc) is 3.07. The van der Waals surface area contributed by atoms with Gasteiger partial charge in [0.2, 0.25) is 0 Å². The van der Waals surface area contributed by atoms with Crippen LogP contribution in [0.2, 0.25) is 0 Å². The molecule has 146 valence electrons. The predicted octanol–water partition coefficient (Wildman–Crippen LogP) is 3.70. The number of ether oxygens (including phenoxy) is 1. The van der Waals surface area contributed by atoms with Crippen LogP contribution < -0.4 is 10.1 Å². The highest BCUT2D eigenvalue weighted by Crippen LogP contribution is 2.32. The van der Waals surface area contributed by atoms with Crippen LogP contribution in [0.5, 0.6) is 6.01 Å². The highest BCUT2D eigenvalue weighted by molar-refractivity contribution is 7.21. The quantitative estimate of drug-likeness (QED) is 0.698. The van der Waals surface area contributed by atoms with Crippen molar-refractivity contribution in [2.24, 2.45) is 0 Å². The maximum Gasteiger partial charge on any atom is 0.416 e. The van der Waals surface area contributed by atoms with Crippen molar-refractivity contribution in [1.29, 1.82) is 0 Å². The fourth-order valence-electron chi connectivity index (χ4n) is 2.95. The second-order valence-electron chi connectivity index (χ2n) is 6.15. The SMILES string of the molecule is COc1ncc2nc(NC(=O)N3CCc4cc(C(F)(F)F)ccc4C3)sc2n1. The van der Waals surface area contributed by atoms with Crippen molar-refractivity contribution >= 4 is 32.8 Å². The summed E-state index contributed by atoms with van der Waals surface area (Å²) in [5.74, 6) is 0. The summed E-state index contributed by atoms with van der Waals surface area (Å²) >= 11 is 1.18. The van der Waals surface area contributed by atoms with Gasteiger partial charge in [-0.25, -0.2) is 14.8 Å². The molecule has 28 heavy (non-hydrogen) atoms. The number of nitrogens with one attached hydrogen (secondary N) is 1. The molecule has 1 aliphatic heterocycles. The zero-order valence-electron chi connectivity index (χ0n) is 14.6. The molecular formula is C17H14F3N5O2S. The van der Waals surface area contributed by atoms with E-state index in [-0.39, 0.29) is 18.6 Å². The number of urea groups is 1. The molecule has 11 heteroatoms. The van der Waals surface area contributed by atoms with Crippen LogP contribution >= 0.6 is 11.3 Å². The third-order valence-corrected chi connectivity index (χ3v) is 5.24. The first-order valence-corrected chi connectivity index (χ1v) is 9.07. The average molecular weight is 409 g/mol. The number of fused-ring (bicyclic) bond motifs is 2. The van der Waals surface area contributed by atoms with E-state index in [4.69, 9.17) is 4.74 Å². The molecule has 1 aliphatic rings. The van der Waals surface area contributed by atoms with Gasteiger partial charge in [-0.2, -0.15) is 18.2 Å². The summed E-state index contributed by atoms with van der Waals surface area (Å²) in [6.07, 6.45) is -2.51. The molecular weight excluding hydrogens is 395 g/mol. The van der Waals surface area contributed by atoms with Gasteiger partial charge in [-0.05, 0) is 29.7 Å². The zero-order chi connectivity index (χ0) is 19.9. The molecule has 7 nitrogen and oxygen atoms in total. The molecule has 0 spiro atoms. The minimum absolute atomic E-state index is 0.208. The number of anilines is 1. The van der Waals surface area contributed by atoms with Crippen molar-refractivity contribution in [2.75, 3.05) is 19.0 Å². The molecule has 0 atom stereocenters. The van der Waals surface area contributed by atoms with Gasteiger partial charge < -0.3 is 9.64 Å². The van der Waals surface area contributed by atoms with Gasteiger partial charge in [-0.1, -0.05) is 17.4 Å². The number of hydrogen-bond donors (Lipinski definition) is 1. The van der Waals surface area contributed by atoms with E-state index in [0.717, 1.165) is 12.1 Å². The molecule has 1 aromatic carbocycles. The van der Waals surface area contributed by atoms with Gasteiger partial charge in [0.05, 0.1) is 18.9 Å². The Kier molecular flexibility index (Phi) is 4.53. The first-order valence-electron chi connectivity index (χ1n) is 8.26. The number of carbonyl (C=O) groups is 1. The molecule has 3 heterocycles. The van der Waals surface area contributed by atoms with E-state index in [1.165, 1.54) is 35.6 Å². The van der Waals surface area contributed by atoms with Crippen LogP contribution in [0.25, 0.3) is 10.3 Å². The lowest BCUT2D eigenvalue weighted by Gasteiger charge is -2.29. The maximum atomic E-state index is 12.8. The van der Waals surface area contributed by atoms with E-state index in [9.17, 15) is 18.0 Å². The van der Waals surface area contributed by atoms with E-state index >= 15 is 0 Å². The third kappa shape index (κ3) is 3.57. The Morgan fingerprint density at radius 2 is 2.11 bits per heavy atom. The van der Waals surface area contributed by atoms with E-state index in [2.05, 4.69) is 20.3 Å². The number of aromatic nitrogens is 3. The molecule has 2 amide bonds. The number of hydrogen-bond acceptors (Lipinski definition) is 6. The second-order valence-corrected chi connectivity index (χ2v) is 7.13. The van der Waals surface area contributed by atoms with Crippen molar-refractivity contribution in [2.45, 2.75) is 19.1 Å². The van der Waals surface area contributed by atoms with Gasteiger partial charge in [-0.3, -0.25) is 5.32 Å². The number of nitrogens with zero attached hydrogens (tertiary/aromatic N) is 4. The second kappa shape index (κ2) is 6.89. The van der Waals surface area contributed by atoms with Gasteiger partial charge in [-0.15, -0.1) is 0 Å². The Balaban J connectivity index is 1.48. The standard InChI is InChI=1S/C17H14F3N5O2S/c1-27-14-21-7-12-13(23-14)28-15(22-12)24-16(26)25-5-4-9-6-11(17(18,19)20)3-2-10(9)8-25/h2-3,6-7H,4-5,8H2,1H3,(H,22,24,26). The largest absolute Gasteiger partial charge is 0.467 e. The predicted molar refractivity (Wildman–Crippen MR) is 96.3 cm³/mol. The number of rotatable bonds is 2. The van der Waals surface area contributed by atoms with E-state index in [1.807, 2.05) is 0 Å². The van der Waals surface area contributed by atoms with Crippen LogP contribution in [-0.4, -0.2) is 39.5 Å². The molecule has 1 N–H and O–H groups in total.